The number of hydrogen-bond acceptors (Lipinski definition) is 2. The Morgan fingerprint density at radius 2 is 2.07 bits per heavy atom. The first-order valence-electron chi connectivity index (χ1n) is 5.01. The topological polar surface area (TPSA) is 33.1 Å². The van der Waals surface area contributed by atoms with Crippen LogP contribution in [0.1, 0.15) is 24.8 Å². The molecule has 0 aliphatic rings. The minimum atomic E-state index is -0.207. The molecular formula is C12H17NO. The van der Waals surface area contributed by atoms with E-state index in [1.54, 1.807) is 12.4 Å². The average Bonchev–Trinajstić information content (AvgIpc) is 2.25. The van der Waals surface area contributed by atoms with Gasteiger partial charge in [0, 0.05) is 12.4 Å². The molecule has 0 bridgehead atoms. The van der Waals surface area contributed by atoms with Gasteiger partial charge in [0.15, 0.2) is 0 Å². The predicted molar refractivity (Wildman–Crippen MR) is 58.0 cm³/mol. The van der Waals surface area contributed by atoms with Crippen LogP contribution in [0.25, 0.3) is 0 Å². The van der Waals surface area contributed by atoms with Crippen LogP contribution in [-0.4, -0.2) is 16.2 Å². The molecule has 1 aromatic rings. The number of aromatic nitrogens is 1. The first-order chi connectivity index (χ1) is 6.83. The second kappa shape index (κ2) is 6.33. The summed E-state index contributed by atoms with van der Waals surface area (Å²) in [6.45, 7) is 3.63. The van der Waals surface area contributed by atoms with Crippen molar-refractivity contribution in [1.82, 2.24) is 4.98 Å². The highest BCUT2D eigenvalue weighted by Crippen LogP contribution is 2.07. The van der Waals surface area contributed by atoms with E-state index >= 15 is 0 Å². The molecule has 2 heteroatoms. The molecule has 0 spiro atoms. The van der Waals surface area contributed by atoms with Crippen LogP contribution in [-0.2, 0) is 6.42 Å². The molecule has 1 unspecified atom stereocenters. The smallest absolute Gasteiger partial charge is 0.0546 e. The summed E-state index contributed by atoms with van der Waals surface area (Å²) in [7, 11) is 0. The summed E-state index contributed by atoms with van der Waals surface area (Å²) >= 11 is 0. The molecule has 0 aliphatic carbocycles. The van der Waals surface area contributed by atoms with E-state index in [-0.39, 0.29) is 6.10 Å². The standard InChI is InChI=1S/C12H17NO/c1-2-3-4-12(14)6-5-11-7-9-13-10-8-11/h2,7-10,12,14H,1,3-6H2. The van der Waals surface area contributed by atoms with Gasteiger partial charge in [-0.15, -0.1) is 6.58 Å². The number of nitrogens with zero attached hydrogens (tertiary/aromatic N) is 1. The lowest BCUT2D eigenvalue weighted by Gasteiger charge is -2.08. The molecule has 14 heavy (non-hydrogen) atoms. The summed E-state index contributed by atoms with van der Waals surface area (Å²) in [4.78, 5) is 3.95. The van der Waals surface area contributed by atoms with Crippen molar-refractivity contribution in [3.8, 4) is 0 Å². The summed E-state index contributed by atoms with van der Waals surface area (Å²) in [6, 6.07) is 3.97. The fourth-order valence-electron chi connectivity index (χ4n) is 1.34. The Morgan fingerprint density at radius 1 is 1.36 bits per heavy atom. The van der Waals surface area contributed by atoms with E-state index in [0.717, 1.165) is 25.7 Å². The zero-order valence-electron chi connectivity index (χ0n) is 8.39. The largest absolute Gasteiger partial charge is 0.393 e. The van der Waals surface area contributed by atoms with Crippen molar-refractivity contribution >= 4 is 0 Å². The van der Waals surface area contributed by atoms with Crippen molar-refractivity contribution in [3.63, 3.8) is 0 Å². The summed E-state index contributed by atoms with van der Waals surface area (Å²) < 4.78 is 0. The zero-order chi connectivity index (χ0) is 10.2. The van der Waals surface area contributed by atoms with Gasteiger partial charge in [0.05, 0.1) is 6.10 Å². The Kier molecular flexibility index (Phi) is 4.94. The van der Waals surface area contributed by atoms with Gasteiger partial charge < -0.3 is 5.11 Å². The highest BCUT2D eigenvalue weighted by Gasteiger charge is 2.02. The monoisotopic (exact) mass is 191 g/mol. The van der Waals surface area contributed by atoms with Crippen LogP contribution in [0.4, 0.5) is 0 Å². The van der Waals surface area contributed by atoms with Crippen LogP contribution in [0.2, 0.25) is 0 Å². The van der Waals surface area contributed by atoms with Gasteiger partial charge in [-0.1, -0.05) is 6.08 Å². The minimum Gasteiger partial charge on any atom is -0.393 e. The Bertz CT molecular complexity index is 258. The van der Waals surface area contributed by atoms with Crippen molar-refractivity contribution in [2.75, 3.05) is 0 Å². The van der Waals surface area contributed by atoms with E-state index in [1.165, 1.54) is 5.56 Å². The van der Waals surface area contributed by atoms with E-state index in [4.69, 9.17) is 0 Å². The predicted octanol–water partition coefficient (Wildman–Crippen LogP) is 2.34. The van der Waals surface area contributed by atoms with Gasteiger partial charge in [-0.3, -0.25) is 4.98 Å². The molecule has 76 valence electrons. The molecule has 0 saturated carbocycles. The summed E-state index contributed by atoms with van der Waals surface area (Å²) in [5, 5.41) is 9.58. The van der Waals surface area contributed by atoms with E-state index in [9.17, 15) is 5.11 Å². The molecule has 0 aromatic carbocycles. The van der Waals surface area contributed by atoms with Crippen LogP contribution in [0.15, 0.2) is 37.2 Å². The van der Waals surface area contributed by atoms with Gasteiger partial charge in [0.25, 0.3) is 0 Å². The Hall–Kier alpha value is -1.15. The number of allylic oxidation sites excluding steroid dienone is 1. The average molecular weight is 191 g/mol. The highest BCUT2D eigenvalue weighted by atomic mass is 16.3. The second-order valence-corrected chi connectivity index (χ2v) is 3.41. The number of aliphatic hydroxyl groups is 1. The molecule has 0 saturated heterocycles. The van der Waals surface area contributed by atoms with Gasteiger partial charge in [0.2, 0.25) is 0 Å². The molecule has 1 atom stereocenters. The lowest BCUT2D eigenvalue weighted by Crippen LogP contribution is -2.07. The number of rotatable bonds is 6. The van der Waals surface area contributed by atoms with Crippen molar-refractivity contribution in [1.29, 1.82) is 0 Å². The van der Waals surface area contributed by atoms with Gasteiger partial charge in [-0.2, -0.15) is 0 Å². The first-order valence-corrected chi connectivity index (χ1v) is 5.01. The number of pyridine rings is 1. The SMILES string of the molecule is C=CCCC(O)CCc1ccncc1. The maximum Gasteiger partial charge on any atom is 0.0546 e. The Labute approximate surface area is 85.3 Å². The number of aryl methyl sites for hydroxylation is 1. The van der Waals surface area contributed by atoms with Crippen molar-refractivity contribution in [2.45, 2.75) is 31.8 Å². The molecule has 1 heterocycles. The Balaban J connectivity index is 2.23. The van der Waals surface area contributed by atoms with Crippen molar-refractivity contribution in [2.24, 2.45) is 0 Å². The number of aliphatic hydroxyl groups excluding tert-OH is 1. The van der Waals surface area contributed by atoms with Crippen molar-refractivity contribution in [3.05, 3.63) is 42.7 Å². The Morgan fingerprint density at radius 3 is 2.71 bits per heavy atom. The van der Waals surface area contributed by atoms with Gasteiger partial charge in [-0.05, 0) is 43.4 Å². The van der Waals surface area contributed by atoms with E-state index < -0.39 is 0 Å². The maximum atomic E-state index is 9.58. The fraction of sp³-hybridized carbons (Fsp3) is 0.417. The van der Waals surface area contributed by atoms with Crippen LogP contribution in [0.3, 0.4) is 0 Å². The first kappa shape index (κ1) is 10.9. The third-order valence-electron chi connectivity index (χ3n) is 2.22. The lowest BCUT2D eigenvalue weighted by atomic mass is 10.0. The molecule has 1 rings (SSSR count). The highest BCUT2D eigenvalue weighted by molar-refractivity contribution is 5.09. The molecule has 0 fully saturated rings. The summed E-state index contributed by atoms with van der Waals surface area (Å²) in [5.41, 5.74) is 1.23. The van der Waals surface area contributed by atoms with Gasteiger partial charge in [0.1, 0.15) is 0 Å². The van der Waals surface area contributed by atoms with E-state index in [0.29, 0.717) is 0 Å². The van der Waals surface area contributed by atoms with E-state index in [2.05, 4.69) is 11.6 Å². The lowest BCUT2D eigenvalue weighted by molar-refractivity contribution is 0.156. The summed E-state index contributed by atoms with van der Waals surface area (Å²) in [5.74, 6) is 0. The van der Waals surface area contributed by atoms with Crippen LogP contribution < -0.4 is 0 Å². The van der Waals surface area contributed by atoms with Crippen LogP contribution >= 0.6 is 0 Å². The maximum absolute atomic E-state index is 9.58. The fourth-order valence-corrected chi connectivity index (χ4v) is 1.34. The quantitative estimate of drug-likeness (QED) is 0.700. The van der Waals surface area contributed by atoms with Gasteiger partial charge >= 0.3 is 0 Å². The van der Waals surface area contributed by atoms with Crippen LogP contribution in [0, 0.1) is 0 Å². The van der Waals surface area contributed by atoms with Crippen LogP contribution in [0.5, 0.6) is 0 Å². The molecule has 0 amide bonds. The molecular weight excluding hydrogens is 174 g/mol. The van der Waals surface area contributed by atoms with Crippen molar-refractivity contribution < 1.29 is 5.11 Å². The van der Waals surface area contributed by atoms with Gasteiger partial charge in [-0.25, -0.2) is 0 Å². The third-order valence-corrected chi connectivity index (χ3v) is 2.22. The number of hydrogen-bond donors (Lipinski definition) is 1. The molecule has 1 aromatic heterocycles. The molecule has 0 radical (unpaired) electrons. The molecule has 2 nitrogen and oxygen atoms in total. The normalized spacial score (nSPS) is 12.4. The summed E-state index contributed by atoms with van der Waals surface area (Å²) in [6.07, 6.45) is 8.64. The minimum absolute atomic E-state index is 0.207. The third kappa shape index (κ3) is 4.19. The molecule has 1 N–H and O–H groups in total. The molecule has 0 aliphatic heterocycles. The van der Waals surface area contributed by atoms with E-state index in [1.807, 2.05) is 18.2 Å². The second-order valence-electron chi connectivity index (χ2n) is 3.41. The zero-order valence-corrected chi connectivity index (χ0v) is 8.39.